The third-order valence-corrected chi connectivity index (χ3v) is 9.02. The van der Waals surface area contributed by atoms with E-state index in [2.05, 4.69) is 9.62 Å². The summed E-state index contributed by atoms with van der Waals surface area (Å²) in [6.07, 6.45) is 5.47. The van der Waals surface area contributed by atoms with Crippen LogP contribution in [0.2, 0.25) is 0 Å². The smallest absolute Gasteiger partial charge is 0.240 e. The molecule has 2 fully saturated rings. The van der Waals surface area contributed by atoms with Crippen molar-refractivity contribution in [2.75, 3.05) is 27.3 Å². The second-order valence-electron chi connectivity index (χ2n) is 10.3. The minimum atomic E-state index is -3.66. The Morgan fingerprint density at radius 2 is 1.54 bits per heavy atom. The van der Waals surface area contributed by atoms with E-state index in [9.17, 15) is 12.8 Å². The summed E-state index contributed by atoms with van der Waals surface area (Å²) in [5.41, 5.74) is 0.974. The predicted octanol–water partition coefficient (Wildman–Crippen LogP) is 5.10. The van der Waals surface area contributed by atoms with Crippen LogP contribution in [0.1, 0.15) is 63.9 Å². The first kappa shape index (κ1) is 27.7. The number of halogens is 1. The van der Waals surface area contributed by atoms with Crippen molar-refractivity contribution in [1.29, 1.82) is 0 Å². The number of piperidine rings is 1. The summed E-state index contributed by atoms with van der Waals surface area (Å²) in [6.45, 7) is 5.88. The second kappa shape index (κ2) is 12.0. The van der Waals surface area contributed by atoms with Crippen LogP contribution in [0.15, 0.2) is 41.3 Å². The molecule has 0 aromatic heterocycles. The number of nitrogens with zero attached hydrogens (tertiary/aromatic N) is 1. The van der Waals surface area contributed by atoms with E-state index in [1.165, 1.54) is 32.4 Å². The molecule has 1 aliphatic carbocycles. The van der Waals surface area contributed by atoms with Gasteiger partial charge in [0, 0.05) is 23.7 Å². The van der Waals surface area contributed by atoms with Gasteiger partial charge in [0.1, 0.15) is 11.6 Å². The van der Waals surface area contributed by atoms with Gasteiger partial charge < -0.3 is 19.1 Å². The average molecular weight is 535 g/mol. The molecular formula is C28H39FN2O5S. The highest BCUT2D eigenvalue weighted by Crippen LogP contribution is 2.37. The molecule has 0 unspecified atom stereocenters. The van der Waals surface area contributed by atoms with Crippen LogP contribution < -0.4 is 18.9 Å². The van der Waals surface area contributed by atoms with Gasteiger partial charge in [-0.3, -0.25) is 0 Å². The van der Waals surface area contributed by atoms with Crippen molar-refractivity contribution in [2.45, 2.75) is 81.4 Å². The van der Waals surface area contributed by atoms with Crippen LogP contribution in [0, 0.1) is 5.82 Å². The molecule has 0 amide bonds. The Morgan fingerprint density at radius 3 is 2.16 bits per heavy atom. The standard InChI is InChI=1S/C28H39FN2O5S/c1-19(2)36-26-11-5-21(29)17-25(26)20-13-15-31(16-14-20)23-8-6-22(7-9-23)30-37(32,33)24-10-12-27(34-3)28(18-24)35-4/h5,10-12,17-20,22-23,30H,6-9,13-16H2,1-4H3. The highest BCUT2D eigenvalue weighted by atomic mass is 32.2. The lowest BCUT2D eigenvalue weighted by Crippen LogP contribution is -2.46. The maximum absolute atomic E-state index is 14.0. The second-order valence-corrected chi connectivity index (χ2v) is 12.0. The number of nitrogens with one attached hydrogen (secondary N) is 1. The lowest BCUT2D eigenvalue weighted by molar-refractivity contribution is 0.115. The van der Waals surface area contributed by atoms with Gasteiger partial charge in [-0.2, -0.15) is 0 Å². The van der Waals surface area contributed by atoms with Gasteiger partial charge in [0.15, 0.2) is 11.5 Å². The molecule has 0 spiro atoms. The van der Waals surface area contributed by atoms with E-state index in [0.717, 1.165) is 62.9 Å². The molecule has 7 nitrogen and oxygen atoms in total. The highest BCUT2D eigenvalue weighted by molar-refractivity contribution is 7.89. The fourth-order valence-corrected chi connectivity index (χ4v) is 6.93. The monoisotopic (exact) mass is 534 g/mol. The van der Waals surface area contributed by atoms with Gasteiger partial charge in [-0.15, -0.1) is 0 Å². The average Bonchev–Trinajstić information content (AvgIpc) is 2.89. The highest BCUT2D eigenvalue weighted by Gasteiger charge is 2.32. The number of benzene rings is 2. The minimum Gasteiger partial charge on any atom is -0.493 e. The Bertz CT molecular complexity index is 1160. The maximum Gasteiger partial charge on any atom is 0.240 e. The van der Waals surface area contributed by atoms with Crippen LogP contribution in [0.4, 0.5) is 4.39 Å². The molecule has 1 aliphatic heterocycles. The maximum atomic E-state index is 14.0. The normalized spacial score (nSPS) is 21.7. The van der Waals surface area contributed by atoms with Gasteiger partial charge in [-0.1, -0.05) is 0 Å². The Morgan fingerprint density at radius 1 is 0.892 bits per heavy atom. The molecule has 0 atom stereocenters. The summed E-state index contributed by atoms with van der Waals surface area (Å²) in [4.78, 5) is 2.70. The molecule has 4 rings (SSSR count). The Kier molecular flexibility index (Phi) is 8.98. The van der Waals surface area contributed by atoms with Gasteiger partial charge >= 0.3 is 0 Å². The van der Waals surface area contributed by atoms with E-state index in [1.54, 1.807) is 18.2 Å². The van der Waals surface area contributed by atoms with Crippen molar-refractivity contribution >= 4 is 10.0 Å². The Hall–Kier alpha value is -2.36. The van der Waals surface area contributed by atoms with Gasteiger partial charge in [-0.25, -0.2) is 17.5 Å². The topological polar surface area (TPSA) is 77.1 Å². The predicted molar refractivity (Wildman–Crippen MR) is 142 cm³/mol. The number of hydrogen-bond acceptors (Lipinski definition) is 6. The molecule has 1 saturated heterocycles. The van der Waals surface area contributed by atoms with Crippen molar-refractivity contribution in [3.63, 3.8) is 0 Å². The number of methoxy groups -OCH3 is 2. The summed E-state index contributed by atoms with van der Waals surface area (Å²) < 4.78 is 59.3. The third-order valence-electron chi connectivity index (χ3n) is 7.50. The lowest BCUT2D eigenvalue weighted by atomic mass is 9.85. The summed E-state index contributed by atoms with van der Waals surface area (Å²) in [5.74, 6) is 1.73. The van der Waals surface area contributed by atoms with Crippen LogP contribution in [-0.2, 0) is 10.0 Å². The summed E-state index contributed by atoms with van der Waals surface area (Å²) >= 11 is 0. The summed E-state index contributed by atoms with van der Waals surface area (Å²) in [7, 11) is -0.648. The van der Waals surface area contributed by atoms with Crippen LogP contribution in [0.3, 0.4) is 0 Å². The fourth-order valence-electron chi connectivity index (χ4n) is 5.61. The summed E-state index contributed by atoms with van der Waals surface area (Å²) in [5, 5.41) is 0. The van der Waals surface area contributed by atoms with Gasteiger partial charge in [0.25, 0.3) is 0 Å². The molecule has 0 bridgehead atoms. The molecule has 204 valence electrons. The van der Waals surface area contributed by atoms with Crippen molar-refractivity contribution in [2.24, 2.45) is 0 Å². The van der Waals surface area contributed by atoms with Crippen molar-refractivity contribution in [3.8, 4) is 17.2 Å². The van der Waals surface area contributed by atoms with Crippen molar-refractivity contribution in [3.05, 3.63) is 47.8 Å². The van der Waals surface area contributed by atoms with Gasteiger partial charge in [0.05, 0.1) is 25.2 Å². The number of rotatable bonds is 9. The van der Waals surface area contributed by atoms with E-state index >= 15 is 0 Å². The van der Waals surface area contributed by atoms with E-state index in [-0.39, 0.29) is 28.8 Å². The SMILES string of the molecule is COc1ccc(S(=O)(=O)NC2CCC(N3CCC(c4cc(F)ccc4OC(C)C)CC3)CC2)cc1OC. The van der Waals surface area contributed by atoms with Crippen LogP contribution in [0.5, 0.6) is 17.2 Å². The van der Waals surface area contributed by atoms with Crippen LogP contribution in [0.25, 0.3) is 0 Å². The largest absolute Gasteiger partial charge is 0.493 e. The van der Waals surface area contributed by atoms with Crippen molar-refractivity contribution < 1.29 is 27.0 Å². The molecule has 0 radical (unpaired) electrons. The summed E-state index contributed by atoms with van der Waals surface area (Å²) in [6, 6.07) is 9.85. The van der Waals surface area contributed by atoms with E-state index < -0.39 is 10.0 Å². The number of sulfonamides is 1. The Balaban J connectivity index is 1.30. The first-order valence-electron chi connectivity index (χ1n) is 13.1. The molecule has 9 heteroatoms. The molecule has 1 N–H and O–H groups in total. The molecule has 37 heavy (non-hydrogen) atoms. The zero-order chi connectivity index (χ0) is 26.6. The molecular weight excluding hydrogens is 495 g/mol. The van der Waals surface area contributed by atoms with E-state index in [4.69, 9.17) is 14.2 Å². The van der Waals surface area contributed by atoms with Gasteiger partial charge in [0.2, 0.25) is 10.0 Å². The minimum absolute atomic E-state index is 0.0451. The molecule has 2 aliphatic rings. The first-order valence-corrected chi connectivity index (χ1v) is 14.6. The van der Waals surface area contributed by atoms with E-state index in [0.29, 0.717) is 17.5 Å². The number of likely N-dealkylation sites (tertiary alicyclic amines) is 1. The molecule has 2 aromatic carbocycles. The number of hydrogen-bond donors (Lipinski definition) is 1. The quantitative estimate of drug-likeness (QED) is 0.483. The molecule has 1 heterocycles. The Labute approximate surface area is 220 Å². The fraction of sp³-hybridized carbons (Fsp3) is 0.571. The third kappa shape index (κ3) is 6.75. The van der Waals surface area contributed by atoms with Crippen molar-refractivity contribution in [1.82, 2.24) is 9.62 Å². The lowest BCUT2D eigenvalue weighted by Gasteiger charge is -2.41. The van der Waals surface area contributed by atoms with E-state index in [1.807, 2.05) is 13.8 Å². The molecule has 2 aromatic rings. The zero-order valence-corrected chi connectivity index (χ0v) is 23.0. The number of ether oxygens (including phenoxy) is 3. The first-order chi connectivity index (χ1) is 17.7. The van der Waals surface area contributed by atoms with Gasteiger partial charge in [-0.05, 0) is 102 Å². The van der Waals surface area contributed by atoms with Crippen LogP contribution in [-0.4, -0.2) is 58.8 Å². The molecule has 1 saturated carbocycles. The zero-order valence-electron chi connectivity index (χ0n) is 22.2. The van der Waals surface area contributed by atoms with Crippen LogP contribution >= 0.6 is 0 Å².